The van der Waals surface area contributed by atoms with Gasteiger partial charge in [0.2, 0.25) is 0 Å². The lowest BCUT2D eigenvalue weighted by Crippen LogP contribution is -2.33. The van der Waals surface area contributed by atoms with E-state index in [4.69, 9.17) is 5.26 Å². The molecule has 78 valence electrons. The Hall–Kier alpha value is -1.63. The van der Waals surface area contributed by atoms with Crippen molar-refractivity contribution < 1.29 is 0 Å². The molecule has 0 atom stereocenters. The van der Waals surface area contributed by atoms with Gasteiger partial charge in [-0.1, -0.05) is 13.3 Å². The van der Waals surface area contributed by atoms with E-state index in [1.807, 2.05) is 0 Å². The molecule has 0 aliphatic heterocycles. The topological polar surface area (TPSA) is 61.6 Å². The van der Waals surface area contributed by atoms with Gasteiger partial charge in [0, 0.05) is 6.54 Å². The fourth-order valence-electron chi connectivity index (χ4n) is 1.81. The van der Waals surface area contributed by atoms with Gasteiger partial charge in [-0.05, 0) is 24.3 Å². The lowest BCUT2D eigenvalue weighted by Gasteiger charge is -2.38. The molecule has 1 aromatic heterocycles. The Bertz CT molecular complexity index is 390. The normalized spacial score (nSPS) is 17.6. The summed E-state index contributed by atoms with van der Waals surface area (Å²) in [6, 6.07) is 3.78. The van der Waals surface area contributed by atoms with Crippen LogP contribution in [-0.2, 0) is 0 Å². The van der Waals surface area contributed by atoms with Crippen LogP contribution in [0.5, 0.6) is 0 Å². The molecule has 1 heterocycles. The highest BCUT2D eigenvalue weighted by Crippen LogP contribution is 2.40. The third-order valence-electron chi connectivity index (χ3n) is 3.08. The summed E-state index contributed by atoms with van der Waals surface area (Å²) in [6.45, 7) is 3.13. The third-order valence-corrected chi connectivity index (χ3v) is 3.08. The second-order valence-corrected chi connectivity index (χ2v) is 4.42. The molecule has 0 unspecified atom stereocenters. The Kier molecular flexibility index (Phi) is 2.55. The number of nitriles is 1. The highest BCUT2D eigenvalue weighted by Gasteiger charge is 2.31. The molecular weight excluding hydrogens is 188 g/mol. The van der Waals surface area contributed by atoms with Gasteiger partial charge in [-0.15, -0.1) is 5.10 Å². The molecule has 1 N–H and O–H groups in total. The fourth-order valence-corrected chi connectivity index (χ4v) is 1.81. The molecule has 15 heavy (non-hydrogen) atoms. The Balaban J connectivity index is 2.02. The van der Waals surface area contributed by atoms with Crippen molar-refractivity contribution in [3.8, 4) is 6.07 Å². The van der Waals surface area contributed by atoms with Gasteiger partial charge in [-0.3, -0.25) is 0 Å². The number of aromatic nitrogens is 2. The lowest BCUT2D eigenvalue weighted by molar-refractivity contribution is 0.179. The van der Waals surface area contributed by atoms with E-state index in [1.54, 1.807) is 6.07 Å². The molecule has 1 saturated carbocycles. The van der Waals surface area contributed by atoms with Crippen LogP contribution in [0.2, 0.25) is 0 Å². The van der Waals surface area contributed by atoms with E-state index in [9.17, 15) is 0 Å². The number of hydrogen-bond donors (Lipinski definition) is 1. The minimum absolute atomic E-state index is 0.379. The minimum atomic E-state index is 0.379. The predicted molar refractivity (Wildman–Crippen MR) is 57.2 cm³/mol. The quantitative estimate of drug-likeness (QED) is 0.813. The van der Waals surface area contributed by atoms with Gasteiger partial charge in [-0.25, -0.2) is 0 Å². The van der Waals surface area contributed by atoms with Crippen molar-refractivity contribution in [2.24, 2.45) is 5.41 Å². The molecule has 0 amide bonds. The predicted octanol–water partition coefficient (Wildman–Crippen LogP) is 1.95. The summed E-state index contributed by atoms with van der Waals surface area (Å²) in [5, 5.41) is 19.8. The van der Waals surface area contributed by atoms with Crippen molar-refractivity contribution in [3.63, 3.8) is 0 Å². The SMILES string of the molecule is CC1(CNc2nnccc2C#N)CCC1. The van der Waals surface area contributed by atoms with Crippen LogP contribution in [0.15, 0.2) is 12.3 Å². The summed E-state index contributed by atoms with van der Waals surface area (Å²) in [6.07, 6.45) is 5.35. The lowest BCUT2D eigenvalue weighted by atomic mass is 9.70. The van der Waals surface area contributed by atoms with Gasteiger partial charge >= 0.3 is 0 Å². The maximum Gasteiger partial charge on any atom is 0.166 e. The zero-order valence-electron chi connectivity index (χ0n) is 8.82. The standard InChI is InChI=1S/C11H14N4/c1-11(4-2-5-11)8-13-10-9(7-12)3-6-14-15-10/h3,6H,2,4-5,8H2,1H3,(H,13,15). The average molecular weight is 202 g/mol. The summed E-state index contributed by atoms with van der Waals surface area (Å²) in [7, 11) is 0. The van der Waals surface area contributed by atoms with E-state index >= 15 is 0 Å². The van der Waals surface area contributed by atoms with E-state index < -0.39 is 0 Å². The minimum Gasteiger partial charge on any atom is -0.367 e. The zero-order chi connectivity index (χ0) is 10.7. The maximum absolute atomic E-state index is 8.86. The fraction of sp³-hybridized carbons (Fsp3) is 0.545. The van der Waals surface area contributed by atoms with Crippen molar-refractivity contribution in [2.45, 2.75) is 26.2 Å². The van der Waals surface area contributed by atoms with Crippen molar-refractivity contribution >= 4 is 5.82 Å². The summed E-state index contributed by atoms with van der Waals surface area (Å²) >= 11 is 0. The highest BCUT2D eigenvalue weighted by atomic mass is 15.2. The second-order valence-electron chi connectivity index (χ2n) is 4.42. The first-order valence-corrected chi connectivity index (χ1v) is 5.19. The van der Waals surface area contributed by atoms with Gasteiger partial charge in [0.05, 0.1) is 11.8 Å². The zero-order valence-corrected chi connectivity index (χ0v) is 8.82. The molecule has 0 saturated heterocycles. The highest BCUT2D eigenvalue weighted by molar-refractivity contribution is 5.50. The number of hydrogen-bond acceptors (Lipinski definition) is 4. The monoisotopic (exact) mass is 202 g/mol. The van der Waals surface area contributed by atoms with Crippen molar-refractivity contribution in [3.05, 3.63) is 17.8 Å². The number of nitrogens with one attached hydrogen (secondary N) is 1. The molecule has 0 radical (unpaired) electrons. The Morgan fingerprint density at radius 2 is 2.40 bits per heavy atom. The van der Waals surface area contributed by atoms with Gasteiger partial charge in [0.15, 0.2) is 5.82 Å². The Morgan fingerprint density at radius 1 is 1.60 bits per heavy atom. The molecule has 1 aliphatic carbocycles. The molecule has 1 aliphatic rings. The number of nitrogens with zero attached hydrogens (tertiary/aromatic N) is 3. The first kappa shape index (κ1) is 9.91. The van der Waals surface area contributed by atoms with Crippen LogP contribution < -0.4 is 5.32 Å². The van der Waals surface area contributed by atoms with Crippen LogP contribution in [0.3, 0.4) is 0 Å². The van der Waals surface area contributed by atoms with Crippen LogP contribution in [0, 0.1) is 16.7 Å². The number of rotatable bonds is 3. The van der Waals surface area contributed by atoms with Crippen LogP contribution >= 0.6 is 0 Å². The second kappa shape index (κ2) is 3.85. The van der Waals surface area contributed by atoms with Gasteiger partial charge in [0.25, 0.3) is 0 Å². The summed E-state index contributed by atoms with van der Waals surface area (Å²) in [5.41, 5.74) is 0.942. The molecule has 2 rings (SSSR count). The first-order chi connectivity index (χ1) is 7.23. The Labute approximate surface area is 89.3 Å². The van der Waals surface area contributed by atoms with Crippen molar-refractivity contribution in [1.29, 1.82) is 5.26 Å². The molecule has 4 nitrogen and oxygen atoms in total. The molecule has 4 heteroatoms. The van der Waals surface area contributed by atoms with E-state index in [0.717, 1.165) is 6.54 Å². The van der Waals surface area contributed by atoms with Gasteiger partial charge in [0.1, 0.15) is 6.07 Å². The summed E-state index contributed by atoms with van der Waals surface area (Å²) in [4.78, 5) is 0. The van der Waals surface area contributed by atoms with Gasteiger partial charge in [-0.2, -0.15) is 10.4 Å². The molecular formula is C11H14N4. The maximum atomic E-state index is 8.86. The van der Waals surface area contributed by atoms with Crippen molar-refractivity contribution in [1.82, 2.24) is 10.2 Å². The van der Waals surface area contributed by atoms with Gasteiger partial charge < -0.3 is 5.32 Å². The van der Waals surface area contributed by atoms with E-state index in [-0.39, 0.29) is 0 Å². The van der Waals surface area contributed by atoms with E-state index in [1.165, 1.54) is 25.5 Å². The largest absolute Gasteiger partial charge is 0.367 e. The van der Waals surface area contributed by atoms with Crippen LogP contribution in [0.25, 0.3) is 0 Å². The van der Waals surface area contributed by atoms with Crippen molar-refractivity contribution in [2.75, 3.05) is 11.9 Å². The average Bonchev–Trinajstić information content (AvgIpc) is 2.24. The first-order valence-electron chi connectivity index (χ1n) is 5.19. The summed E-state index contributed by atoms with van der Waals surface area (Å²) in [5.74, 6) is 0.605. The van der Waals surface area contributed by atoms with Crippen LogP contribution in [0.1, 0.15) is 31.7 Å². The summed E-state index contributed by atoms with van der Waals surface area (Å²) < 4.78 is 0. The van der Waals surface area contributed by atoms with Crippen LogP contribution in [-0.4, -0.2) is 16.7 Å². The van der Waals surface area contributed by atoms with Crippen LogP contribution in [0.4, 0.5) is 5.82 Å². The van der Waals surface area contributed by atoms with E-state index in [0.29, 0.717) is 16.8 Å². The molecule has 0 aromatic carbocycles. The molecule has 0 spiro atoms. The molecule has 1 fully saturated rings. The van der Waals surface area contributed by atoms with E-state index in [2.05, 4.69) is 28.5 Å². The molecule has 0 bridgehead atoms. The Morgan fingerprint density at radius 3 is 3.00 bits per heavy atom. The third kappa shape index (κ3) is 2.07. The molecule has 1 aromatic rings. The number of anilines is 1. The smallest absolute Gasteiger partial charge is 0.166 e.